The Kier molecular flexibility index (Phi) is 5.46. The molecular weight excluding hydrogens is 414 g/mol. The fourth-order valence-corrected chi connectivity index (χ4v) is 3.47. The Balaban J connectivity index is 2.06. The molecule has 1 saturated heterocycles. The quantitative estimate of drug-likeness (QED) is 0.460. The van der Waals surface area contributed by atoms with Crippen molar-refractivity contribution in [2.75, 3.05) is 12.0 Å². The molecule has 2 aromatic rings. The van der Waals surface area contributed by atoms with Gasteiger partial charge in [0.1, 0.15) is 11.4 Å². The van der Waals surface area contributed by atoms with E-state index < -0.39 is 17.6 Å². The van der Waals surface area contributed by atoms with Crippen LogP contribution in [0.4, 0.5) is 10.1 Å². The number of nitrogens with zero attached hydrogens (tertiary/aromatic N) is 1. The lowest BCUT2D eigenvalue weighted by molar-refractivity contribution is -0.122. The van der Waals surface area contributed by atoms with Gasteiger partial charge in [-0.2, -0.15) is 0 Å². The van der Waals surface area contributed by atoms with Gasteiger partial charge in [0.25, 0.3) is 11.8 Å². The van der Waals surface area contributed by atoms with Gasteiger partial charge in [-0.05, 0) is 48.1 Å². The average molecular weight is 425 g/mol. The van der Waals surface area contributed by atoms with Gasteiger partial charge >= 0.3 is 0 Å². The van der Waals surface area contributed by atoms with Crippen LogP contribution in [0.15, 0.2) is 42.0 Å². The van der Waals surface area contributed by atoms with Crippen molar-refractivity contribution < 1.29 is 18.7 Å². The van der Waals surface area contributed by atoms with Crippen molar-refractivity contribution in [2.24, 2.45) is 0 Å². The second-order valence-electron chi connectivity index (χ2n) is 5.43. The molecule has 0 spiro atoms. The number of hydrogen-bond acceptors (Lipinski definition) is 4. The zero-order valence-electron chi connectivity index (χ0n) is 13.8. The lowest BCUT2D eigenvalue weighted by atomic mass is 10.1. The number of hydrogen-bond donors (Lipinski definition) is 1. The predicted molar refractivity (Wildman–Crippen MR) is 106 cm³/mol. The number of ether oxygens (including phenoxy) is 1. The van der Waals surface area contributed by atoms with Gasteiger partial charge in [0.15, 0.2) is 10.9 Å². The SMILES string of the molecule is COc1c(Cl)cc(/C=C2/C(=O)NC(=S)N(c3ccccc3F)C2=O)cc1Cl. The lowest BCUT2D eigenvalue weighted by Crippen LogP contribution is -2.54. The predicted octanol–water partition coefficient (Wildman–Crippen LogP) is 3.97. The summed E-state index contributed by atoms with van der Waals surface area (Å²) in [6.07, 6.45) is 1.30. The van der Waals surface area contributed by atoms with Crippen molar-refractivity contribution in [3.63, 3.8) is 0 Å². The molecule has 138 valence electrons. The number of carbonyl (C=O) groups excluding carboxylic acids is 2. The Morgan fingerprint density at radius 1 is 1.19 bits per heavy atom. The third kappa shape index (κ3) is 3.66. The third-order valence-corrected chi connectivity index (χ3v) is 4.58. The van der Waals surface area contributed by atoms with Gasteiger partial charge in [0.05, 0.1) is 22.8 Å². The summed E-state index contributed by atoms with van der Waals surface area (Å²) in [5.41, 5.74) is 0.0824. The highest BCUT2D eigenvalue weighted by atomic mass is 35.5. The van der Waals surface area contributed by atoms with Gasteiger partial charge in [0.2, 0.25) is 0 Å². The molecule has 3 rings (SSSR count). The molecule has 0 atom stereocenters. The summed E-state index contributed by atoms with van der Waals surface area (Å²) in [6.45, 7) is 0. The number of nitrogens with one attached hydrogen (secondary N) is 1. The van der Waals surface area contributed by atoms with E-state index in [1.165, 1.54) is 43.5 Å². The molecule has 0 unspecified atom stereocenters. The first kappa shape index (κ1) is 19.3. The molecule has 0 saturated carbocycles. The monoisotopic (exact) mass is 424 g/mol. The second-order valence-corrected chi connectivity index (χ2v) is 6.63. The van der Waals surface area contributed by atoms with E-state index in [0.717, 1.165) is 4.90 Å². The summed E-state index contributed by atoms with van der Waals surface area (Å²) in [5, 5.41) is 2.59. The molecule has 9 heteroatoms. The van der Waals surface area contributed by atoms with Gasteiger partial charge in [-0.25, -0.2) is 9.29 Å². The molecule has 2 aromatic carbocycles. The smallest absolute Gasteiger partial charge is 0.270 e. The molecule has 1 aliphatic rings. The fourth-order valence-electron chi connectivity index (χ4n) is 2.53. The first-order valence-electron chi connectivity index (χ1n) is 7.52. The summed E-state index contributed by atoms with van der Waals surface area (Å²) in [6, 6.07) is 8.58. The third-order valence-electron chi connectivity index (χ3n) is 3.73. The number of anilines is 1. The van der Waals surface area contributed by atoms with Crippen LogP contribution >= 0.6 is 35.4 Å². The molecule has 0 aromatic heterocycles. The van der Waals surface area contributed by atoms with Crippen LogP contribution in [0.2, 0.25) is 10.0 Å². The normalized spacial score (nSPS) is 15.9. The Morgan fingerprint density at radius 2 is 1.81 bits per heavy atom. The Labute approximate surface area is 169 Å². The van der Waals surface area contributed by atoms with Crippen LogP contribution in [-0.4, -0.2) is 24.0 Å². The molecular formula is C18H11Cl2FN2O3S. The lowest BCUT2D eigenvalue weighted by Gasteiger charge is -2.29. The van der Waals surface area contributed by atoms with E-state index in [1.54, 1.807) is 6.07 Å². The summed E-state index contributed by atoms with van der Waals surface area (Å²) in [7, 11) is 1.41. The van der Waals surface area contributed by atoms with E-state index in [2.05, 4.69) is 5.32 Å². The van der Waals surface area contributed by atoms with Crippen LogP contribution < -0.4 is 15.0 Å². The number of methoxy groups -OCH3 is 1. The number of rotatable bonds is 3. The maximum atomic E-state index is 14.1. The maximum absolute atomic E-state index is 14.1. The Morgan fingerprint density at radius 3 is 2.41 bits per heavy atom. The first-order chi connectivity index (χ1) is 12.8. The largest absolute Gasteiger partial charge is 0.494 e. The van der Waals surface area contributed by atoms with E-state index in [-0.39, 0.29) is 32.2 Å². The number of thiocarbonyl (C=S) groups is 1. The van der Waals surface area contributed by atoms with Crippen LogP contribution in [0.3, 0.4) is 0 Å². The van der Waals surface area contributed by atoms with Crippen molar-refractivity contribution >= 4 is 64.1 Å². The average Bonchev–Trinajstić information content (AvgIpc) is 2.60. The minimum absolute atomic E-state index is 0.0656. The topological polar surface area (TPSA) is 58.6 Å². The summed E-state index contributed by atoms with van der Waals surface area (Å²) >= 11 is 17.2. The van der Waals surface area contributed by atoms with Crippen molar-refractivity contribution in [2.45, 2.75) is 0 Å². The number of halogens is 3. The van der Waals surface area contributed by atoms with Crippen molar-refractivity contribution in [1.82, 2.24) is 5.32 Å². The minimum atomic E-state index is -0.767. The van der Waals surface area contributed by atoms with Crippen LogP contribution in [0, 0.1) is 5.82 Å². The van der Waals surface area contributed by atoms with Crippen LogP contribution in [0.1, 0.15) is 5.56 Å². The highest BCUT2D eigenvalue weighted by molar-refractivity contribution is 7.80. The van der Waals surface area contributed by atoms with E-state index in [4.69, 9.17) is 40.2 Å². The number of para-hydroxylation sites is 1. The zero-order chi connectivity index (χ0) is 19.7. The van der Waals surface area contributed by atoms with E-state index in [9.17, 15) is 14.0 Å². The van der Waals surface area contributed by atoms with Gasteiger partial charge in [-0.15, -0.1) is 0 Å². The fraction of sp³-hybridized carbons (Fsp3) is 0.0556. The molecule has 1 heterocycles. The molecule has 1 N–H and O–H groups in total. The molecule has 1 aliphatic heterocycles. The Hall–Kier alpha value is -2.48. The molecule has 1 fully saturated rings. The van der Waals surface area contributed by atoms with Crippen LogP contribution in [0.5, 0.6) is 5.75 Å². The molecule has 27 heavy (non-hydrogen) atoms. The van der Waals surface area contributed by atoms with Crippen LogP contribution in [0.25, 0.3) is 6.08 Å². The highest BCUT2D eigenvalue weighted by Gasteiger charge is 2.35. The molecule has 0 radical (unpaired) electrons. The van der Waals surface area contributed by atoms with E-state index in [0.29, 0.717) is 5.56 Å². The van der Waals surface area contributed by atoms with E-state index >= 15 is 0 Å². The Bertz CT molecular complexity index is 987. The molecule has 2 amide bonds. The minimum Gasteiger partial charge on any atom is -0.494 e. The van der Waals surface area contributed by atoms with Gasteiger partial charge in [0, 0.05) is 0 Å². The van der Waals surface area contributed by atoms with Crippen LogP contribution in [-0.2, 0) is 9.59 Å². The van der Waals surface area contributed by atoms with Crippen molar-refractivity contribution in [3.8, 4) is 5.75 Å². The van der Waals surface area contributed by atoms with Crippen molar-refractivity contribution in [3.05, 3.63) is 63.4 Å². The number of amides is 2. The standard InChI is InChI=1S/C18H11Cl2FN2O3S/c1-26-15-11(19)7-9(8-12(15)20)6-10-16(24)22-18(27)23(17(10)25)14-5-3-2-4-13(14)21/h2-8H,1H3,(H,22,24,27)/b10-6-. The van der Waals surface area contributed by atoms with E-state index in [1.807, 2.05) is 0 Å². The molecule has 5 nitrogen and oxygen atoms in total. The van der Waals surface area contributed by atoms with Gasteiger partial charge in [-0.3, -0.25) is 14.9 Å². The highest BCUT2D eigenvalue weighted by Crippen LogP contribution is 2.35. The zero-order valence-corrected chi connectivity index (χ0v) is 16.1. The summed E-state index contributed by atoms with van der Waals surface area (Å²) < 4.78 is 19.2. The summed E-state index contributed by atoms with van der Waals surface area (Å²) in [5.74, 6) is -1.86. The van der Waals surface area contributed by atoms with Gasteiger partial charge < -0.3 is 4.74 Å². The molecule has 0 aliphatic carbocycles. The molecule has 0 bridgehead atoms. The summed E-state index contributed by atoms with van der Waals surface area (Å²) in [4.78, 5) is 26.0. The van der Waals surface area contributed by atoms with Crippen molar-refractivity contribution in [1.29, 1.82) is 0 Å². The second kappa shape index (κ2) is 7.64. The van der Waals surface area contributed by atoms with Gasteiger partial charge in [-0.1, -0.05) is 35.3 Å². The number of carbonyl (C=O) groups is 2. The number of benzene rings is 2. The maximum Gasteiger partial charge on any atom is 0.270 e. The first-order valence-corrected chi connectivity index (χ1v) is 8.69.